The van der Waals surface area contributed by atoms with Crippen LogP contribution in [0.15, 0.2) is 30.7 Å². The number of rotatable bonds is 6. The lowest BCUT2D eigenvalue weighted by Gasteiger charge is -2.28. The summed E-state index contributed by atoms with van der Waals surface area (Å²) in [6.07, 6.45) is 0.953. The van der Waals surface area contributed by atoms with Crippen molar-refractivity contribution in [1.29, 1.82) is 0 Å². The minimum Gasteiger partial charge on any atom is -0.371 e. The highest BCUT2D eigenvalue weighted by Gasteiger charge is 2.35. The second-order valence-corrected chi connectivity index (χ2v) is 8.16. The van der Waals surface area contributed by atoms with Gasteiger partial charge in [-0.3, -0.25) is 0 Å². The van der Waals surface area contributed by atoms with Crippen molar-refractivity contribution in [3.8, 4) is 11.3 Å². The highest BCUT2D eigenvalue weighted by Crippen LogP contribution is 2.35. The molecular weight excluding hydrogens is 440 g/mol. The Morgan fingerprint density at radius 3 is 2.67 bits per heavy atom. The van der Waals surface area contributed by atoms with Crippen molar-refractivity contribution in [1.82, 2.24) is 29.1 Å². The molecule has 12 heteroatoms. The van der Waals surface area contributed by atoms with E-state index in [9.17, 15) is 17.6 Å². The summed E-state index contributed by atoms with van der Waals surface area (Å²) < 4.78 is 55.7. The Morgan fingerprint density at radius 2 is 1.94 bits per heavy atom. The Bertz CT molecular complexity index is 1290. The van der Waals surface area contributed by atoms with Crippen molar-refractivity contribution in [2.24, 2.45) is 0 Å². The monoisotopic (exact) mass is 462 g/mol. The van der Waals surface area contributed by atoms with Crippen LogP contribution in [0, 0.1) is 0 Å². The Labute approximate surface area is 186 Å². The summed E-state index contributed by atoms with van der Waals surface area (Å²) in [5.41, 5.74) is 2.83. The highest BCUT2D eigenvalue weighted by atomic mass is 19.3. The molecule has 0 aromatic carbocycles. The average Bonchev–Trinajstić information content (AvgIpc) is 3.38. The van der Waals surface area contributed by atoms with E-state index in [4.69, 9.17) is 0 Å². The maximum Gasteiger partial charge on any atom is 0.256 e. The largest absolute Gasteiger partial charge is 0.371 e. The number of nitrogens with one attached hydrogen (secondary N) is 2. The summed E-state index contributed by atoms with van der Waals surface area (Å²) in [5, 5.41) is 10.7. The molecule has 1 fully saturated rings. The third-order valence-corrected chi connectivity index (χ3v) is 5.87. The van der Waals surface area contributed by atoms with E-state index < -0.39 is 18.9 Å². The van der Waals surface area contributed by atoms with E-state index in [0.717, 1.165) is 5.56 Å². The van der Waals surface area contributed by atoms with Crippen LogP contribution >= 0.6 is 0 Å². The fourth-order valence-electron chi connectivity index (χ4n) is 4.21. The Hall–Kier alpha value is -3.44. The first-order chi connectivity index (χ1) is 15.8. The Balaban J connectivity index is 1.49. The number of alkyl halides is 4. The van der Waals surface area contributed by atoms with Crippen molar-refractivity contribution in [3.05, 3.63) is 30.7 Å². The average molecular weight is 462 g/mol. The second kappa shape index (κ2) is 8.16. The van der Waals surface area contributed by atoms with Gasteiger partial charge in [-0.25, -0.2) is 32.0 Å². The Kier molecular flexibility index (Phi) is 5.29. The fourth-order valence-corrected chi connectivity index (χ4v) is 4.21. The third-order valence-electron chi connectivity index (χ3n) is 5.87. The van der Waals surface area contributed by atoms with Gasteiger partial charge < -0.3 is 15.2 Å². The molecule has 4 heterocycles. The van der Waals surface area contributed by atoms with Crippen LogP contribution < -0.4 is 10.6 Å². The first-order valence-electron chi connectivity index (χ1n) is 10.6. The van der Waals surface area contributed by atoms with Crippen molar-refractivity contribution in [2.45, 2.75) is 50.6 Å². The van der Waals surface area contributed by atoms with E-state index in [1.165, 1.54) is 10.9 Å². The van der Waals surface area contributed by atoms with Crippen LogP contribution in [0.2, 0.25) is 0 Å². The summed E-state index contributed by atoms with van der Waals surface area (Å²) in [6.45, 7) is -0.490. The van der Waals surface area contributed by atoms with Crippen LogP contribution in [0.1, 0.15) is 25.7 Å². The molecule has 174 valence electrons. The molecule has 0 amide bonds. The number of hydrogen-bond donors (Lipinski definition) is 2. The first-order valence-corrected chi connectivity index (χ1v) is 10.6. The summed E-state index contributed by atoms with van der Waals surface area (Å²) in [5.74, 6) is -1.74. The predicted octanol–water partition coefficient (Wildman–Crippen LogP) is 4.44. The predicted molar refractivity (Wildman–Crippen MR) is 116 cm³/mol. The molecule has 2 N–H and O–H groups in total. The van der Waals surface area contributed by atoms with E-state index in [0.29, 0.717) is 47.0 Å². The van der Waals surface area contributed by atoms with Crippen molar-refractivity contribution in [2.75, 3.05) is 17.7 Å². The molecule has 0 saturated heterocycles. The van der Waals surface area contributed by atoms with Crippen LogP contribution in [-0.2, 0) is 6.54 Å². The van der Waals surface area contributed by atoms with Gasteiger partial charge in [0.15, 0.2) is 11.5 Å². The van der Waals surface area contributed by atoms with Crippen LogP contribution in [0.3, 0.4) is 0 Å². The molecule has 0 bridgehead atoms. The molecule has 0 unspecified atom stereocenters. The number of imidazole rings is 1. The molecule has 1 aliphatic carbocycles. The first kappa shape index (κ1) is 21.4. The Morgan fingerprint density at radius 1 is 1.15 bits per heavy atom. The van der Waals surface area contributed by atoms with Crippen LogP contribution in [0.5, 0.6) is 0 Å². The second-order valence-electron chi connectivity index (χ2n) is 8.16. The van der Waals surface area contributed by atoms with Gasteiger partial charge in [-0.1, -0.05) is 0 Å². The molecule has 33 heavy (non-hydrogen) atoms. The maximum atomic E-state index is 13.4. The molecule has 0 spiro atoms. The number of anilines is 2. The van der Waals surface area contributed by atoms with Crippen LogP contribution in [-0.4, -0.2) is 54.6 Å². The van der Waals surface area contributed by atoms with Crippen molar-refractivity contribution in [3.63, 3.8) is 0 Å². The molecule has 4 aromatic heterocycles. The topological polar surface area (TPSA) is 85.0 Å². The molecular formula is C21H22F4N8. The molecule has 4 aromatic rings. The minimum atomic E-state index is -2.60. The quantitative estimate of drug-likeness (QED) is 0.412. The number of hydrogen-bond acceptors (Lipinski definition) is 6. The summed E-state index contributed by atoms with van der Waals surface area (Å²) in [4.78, 5) is 13.2. The van der Waals surface area contributed by atoms with Crippen molar-refractivity contribution >= 4 is 28.4 Å². The summed E-state index contributed by atoms with van der Waals surface area (Å²) >= 11 is 0. The minimum absolute atomic E-state index is 0.124. The van der Waals surface area contributed by atoms with Gasteiger partial charge in [-0.15, -0.1) is 5.10 Å². The lowest BCUT2D eigenvalue weighted by Crippen LogP contribution is -2.32. The zero-order valence-corrected chi connectivity index (χ0v) is 17.8. The summed E-state index contributed by atoms with van der Waals surface area (Å²) in [6, 6.07) is 5.20. The highest BCUT2D eigenvalue weighted by molar-refractivity contribution is 5.89. The molecule has 8 nitrogen and oxygen atoms in total. The van der Waals surface area contributed by atoms with Crippen molar-refractivity contribution < 1.29 is 17.6 Å². The number of halogens is 4. The van der Waals surface area contributed by atoms with Gasteiger partial charge in [0, 0.05) is 37.7 Å². The zero-order valence-electron chi connectivity index (χ0n) is 17.8. The van der Waals surface area contributed by atoms with Gasteiger partial charge in [-0.05, 0) is 31.0 Å². The lowest BCUT2D eigenvalue weighted by molar-refractivity contribution is -0.0361. The zero-order chi connectivity index (χ0) is 23.2. The third kappa shape index (κ3) is 4.16. The fraction of sp³-hybridized carbons (Fsp3) is 0.429. The molecule has 0 aliphatic heterocycles. The van der Waals surface area contributed by atoms with Gasteiger partial charge in [0.25, 0.3) is 6.43 Å². The van der Waals surface area contributed by atoms with E-state index in [2.05, 4.69) is 30.7 Å². The number of aromatic nitrogens is 6. The smallest absolute Gasteiger partial charge is 0.256 e. The standard InChI is InChI=1S/C21H22F4N8/c1-26-18-17-13(14-2-3-15-19(29-14)32(11-27-15)10-16(22)23)6-9-33(17)31-20(30-18)28-12-4-7-21(24,25)8-5-12/h2-3,6,9,11-12,16H,4-5,7-8,10H2,1H3,(H2,26,28,30,31). The van der Waals surface area contributed by atoms with Gasteiger partial charge in [0.05, 0.1) is 18.6 Å². The lowest BCUT2D eigenvalue weighted by atomic mass is 9.92. The molecule has 5 rings (SSSR count). The molecule has 1 saturated carbocycles. The van der Waals surface area contributed by atoms with Gasteiger partial charge in [0.2, 0.25) is 11.9 Å². The number of pyridine rings is 1. The summed E-state index contributed by atoms with van der Waals surface area (Å²) in [7, 11) is 1.72. The SMILES string of the molecule is CNc1nc(NC2CCC(F)(F)CC2)nn2ccc(-c3ccc4ncn(CC(F)F)c4n3)c12. The molecule has 0 radical (unpaired) electrons. The number of nitrogens with zero attached hydrogens (tertiary/aromatic N) is 6. The van der Waals surface area contributed by atoms with Gasteiger partial charge >= 0.3 is 0 Å². The van der Waals surface area contributed by atoms with E-state index in [1.807, 2.05) is 6.07 Å². The molecule has 1 aliphatic rings. The van der Waals surface area contributed by atoms with E-state index >= 15 is 0 Å². The maximum absolute atomic E-state index is 13.4. The van der Waals surface area contributed by atoms with E-state index in [-0.39, 0.29) is 18.9 Å². The van der Waals surface area contributed by atoms with Gasteiger partial charge in [-0.2, -0.15) is 4.98 Å². The molecule has 0 atom stereocenters. The van der Waals surface area contributed by atoms with Gasteiger partial charge in [0.1, 0.15) is 11.0 Å². The van der Waals surface area contributed by atoms with Crippen LogP contribution in [0.25, 0.3) is 27.9 Å². The normalized spacial score (nSPS) is 16.7. The number of fused-ring (bicyclic) bond motifs is 2. The van der Waals surface area contributed by atoms with Crippen LogP contribution in [0.4, 0.5) is 29.3 Å². The van der Waals surface area contributed by atoms with E-state index in [1.54, 1.807) is 29.9 Å².